The maximum absolute atomic E-state index is 10.9. The average molecular weight is 252 g/mol. The van der Waals surface area contributed by atoms with E-state index in [1.165, 1.54) is 13.2 Å². The highest BCUT2D eigenvalue weighted by atomic mass is 16.6. The number of ether oxygens (including phenoxy) is 1. The highest BCUT2D eigenvalue weighted by Crippen LogP contribution is 2.42. The number of hydrogen-bond acceptors (Lipinski definition) is 5. The first kappa shape index (κ1) is 12.6. The van der Waals surface area contributed by atoms with Crippen molar-refractivity contribution < 1.29 is 14.8 Å². The van der Waals surface area contributed by atoms with Crippen molar-refractivity contribution in [3.8, 4) is 11.5 Å². The molecular weight excluding hydrogens is 236 g/mol. The van der Waals surface area contributed by atoms with E-state index < -0.39 is 10.7 Å². The molecule has 1 aliphatic carbocycles. The number of hydrogen-bond donors (Lipinski definition) is 2. The monoisotopic (exact) mass is 252 g/mol. The van der Waals surface area contributed by atoms with E-state index in [0.29, 0.717) is 11.5 Å². The second-order valence-corrected chi connectivity index (χ2v) is 4.56. The Bertz CT molecular complexity index is 471. The summed E-state index contributed by atoms with van der Waals surface area (Å²) in [6, 6.07) is 2.67. The molecule has 0 saturated heterocycles. The number of nitrogens with two attached hydrogens (primary N) is 1. The Morgan fingerprint density at radius 3 is 2.67 bits per heavy atom. The van der Waals surface area contributed by atoms with Gasteiger partial charge < -0.3 is 15.6 Å². The Labute approximate surface area is 105 Å². The molecule has 0 bridgehead atoms. The lowest BCUT2D eigenvalue weighted by molar-refractivity contribution is -0.386. The minimum Gasteiger partial charge on any atom is -0.500 e. The van der Waals surface area contributed by atoms with Crippen LogP contribution in [0.25, 0.3) is 0 Å². The van der Waals surface area contributed by atoms with Crippen molar-refractivity contribution in [1.82, 2.24) is 0 Å². The molecule has 0 aromatic heterocycles. The molecule has 1 aliphatic rings. The predicted molar refractivity (Wildman–Crippen MR) is 65.6 cm³/mol. The van der Waals surface area contributed by atoms with Crippen LogP contribution in [0.5, 0.6) is 11.5 Å². The fourth-order valence-electron chi connectivity index (χ4n) is 2.17. The van der Waals surface area contributed by atoms with Gasteiger partial charge in [-0.1, -0.05) is 6.42 Å². The Morgan fingerprint density at radius 1 is 1.56 bits per heavy atom. The van der Waals surface area contributed by atoms with Crippen LogP contribution in [0.2, 0.25) is 0 Å². The molecule has 0 spiro atoms. The molecule has 0 radical (unpaired) electrons. The molecule has 0 unspecified atom stereocenters. The third-order valence-corrected chi connectivity index (χ3v) is 3.54. The molecule has 98 valence electrons. The second kappa shape index (κ2) is 4.81. The molecular formula is C12H16N2O4. The van der Waals surface area contributed by atoms with Crippen LogP contribution in [0.15, 0.2) is 12.1 Å². The maximum atomic E-state index is 10.9. The van der Waals surface area contributed by atoms with Gasteiger partial charge in [0.2, 0.25) is 5.75 Å². The third-order valence-electron chi connectivity index (χ3n) is 3.54. The maximum Gasteiger partial charge on any atom is 0.314 e. The van der Waals surface area contributed by atoms with Crippen LogP contribution in [0.3, 0.4) is 0 Å². The van der Waals surface area contributed by atoms with E-state index in [9.17, 15) is 15.2 Å². The largest absolute Gasteiger partial charge is 0.500 e. The molecule has 1 fully saturated rings. The van der Waals surface area contributed by atoms with Gasteiger partial charge in [-0.05, 0) is 30.4 Å². The zero-order valence-corrected chi connectivity index (χ0v) is 10.1. The van der Waals surface area contributed by atoms with E-state index in [0.717, 1.165) is 19.3 Å². The molecule has 0 heterocycles. The molecule has 1 aromatic rings. The van der Waals surface area contributed by atoms with Gasteiger partial charge in [0, 0.05) is 12.1 Å². The SMILES string of the molecule is COc1cc([C@@H](N)C2CCC2)cc([N+](=O)[O-])c1O. The van der Waals surface area contributed by atoms with Gasteiger partial charge in [0.1, 0.15) is 0 Å². The van der Waals surface area contributed by atoms with E-state index in [1.807, 2.05) is 0 Å². The lowest BCUT2D eigenvalue weighted by Crippen LogP contribution is -2.26. The molecule has 0 aliphatic heterocycles. The lowest BCUT2D eigenvalue weighted by Gasteiger charge is -2.31. The number of phenolic OH excluding ortho intramolecular Hbond substituents is 1. The van der Waals surface area contributed by atoms with Gasteiger partial charge in [0.25, 0.3) is 0 Å². The van der Waals surface area contributed by atoms with E-state index in [1.54, 1.807) is 6.07 Å². The first-order valence-electron chi connectivity index (χ1n) is 5.85. The summed E-state index contributed by atoms with van der Waals surface area (Å²) in [6.45, 7) is 0. The van der Waals surface area contributed by atoms with Crippen LogP contribution >= 0.6 is 0 Å². The Hall–Kier alpha value is -1.82. The van der Waals surface area contributed by atoms with Crippen LogP contribution in [0.4, 0.5) is 5.69 Å². The molecule has 6 heteroatoms. The van der Waals surface area contributed by atoms with Crippen LogP contribution in [-0.2, 0) is 0 Å². The first-order valence-corrected chi connectivity index (χ1v) is 5.85. The van der Waals surface area contributed by atoms with Gasteiger partial charge in [0.15, 0.2) is 5.75 Å². The summed E-state index contributed by atoms with van der Waals surface area (Å²) in [5.41, 5.74) is 6.36. The summed E-state index contributed by atoms with van der Waals surface area (Å²) >= 11 is 0. The minimum atomic E-state index is -0.630. The van der Waals surface area contributed by atoms with Crippen molar-refractivity contribution in [1.29, 1.82) is 0 Å². The van der Waals surface area contributed by atoms with E-state index in [2.05, 4.69) is 0 Å². The van der Waals surface area contributed by atoms with E-state index >= 15 is 0 Å². The standard InChI is InChI=1S/C12H16N2O4/c1-18-10-6-8(11(13)7-3-2-4-7)5-9(12(10)15)14(16)17/h5-7,11,15H,2-4,13H2,1H3/t11-/m0/s1. The number of aromatic hydroxyl groups is 1. The smallest absolute Gasteiger partial charge is 0.314 e. The van der Waals surface area contributed by atoms with Crippen molar-refractivity contribution in [3.05, 3.63) is 27.8 Å². The second-order valence-electron chi connectivity index (χ2n) is 4.56. The van der Waals surface area contributed by atoms with Gasteiger partial charge >= 0.3 is 5.69 Å². The summed E-state index contributed by atoms with van der Waals surface area (Å²) in [5, 5.41) is 20.5. The van der Waals surface area contributed by atoms with Gasteiger partial charge in [-0.2, -0.15) is 0 Å². The van der Waals surface area contributed by atoms with Crippen LogP contribution < -0.4 is 10.5 Å². The van der Waals surface area contributed by atoms with Crippen LogP contribution in [0, 0.1) is 16.0 Å². The fourth-order valence-corrected chi connectivity index (χ4v) is 2.17. The molecule has 2 rings (SSSR count). The molecule has 1 aromatic carbocycles. The first-order chi connectivity index (χ1) is 8.54. The topological polar surface area (TPSA) is 98.6 Å². The molecule has 6 nitrogen and oxygen atoms in total. The van der Waals surface area contributed by atoms with Crippen LogP contribution in [-0.4, -0.2) is 17.1 Å². The number of rotatable bonds is 4. The predicted octanol–water partition coefficient (Wildman–Crippen LogP) is 2.11. The number of benzene rings is 1. The zero-order valence-electron chi connectivity index (χ0n) is 10.1. The normalized spacial score (nSPS) is 17.0. The van der Waals surface area contributed by atoms with Crippen molar-refractivity contribution in [3.63, 3.8) is 0 Å². The lowest BCUT2D eigenvalue weighted by atomic mass is 9.77. The van der Waals surface area contributed by atoms with E-state index in [-0.39, 0.29) is 17.5 Å². The quantitative estimate of drug-likeness (QED) is 0.631. The number of nitro benzene ring substituents is 1. The average Bonchev–Trinajstić information content (AvgIpc) is 2.26. The van der Waals surface area contributed by atoms with Crippen molar-refractivity contribution in [2.45, 2.75) is 25.3 Å². The van der Waals surface area contributed by atoms with Gasteiger partial charge in [-0.15, -0.1) is 0 Å². The Balaban J connectivity index is 2.41. The number of nitrogens with zero attached hydrogens (tertiary/aromatic N) is 1. The summed E-state index contributed by atoms with van der Waals surface area (Å²) in [5.74, 6) is -0.000106. The number of nitro groups is 1. The highest BCUT2D eigenvalue weighted by Gasteiger charge is 2.29. The van der Waals surface area contributed by atoms with Crippen LogP contribution in [0.1, 0.15) is 30.9 Å². The van der Waals surface area contributed by atoms with Crippen molar-refractivity contribution >= 4 is 5.69 Å². The minimum absolute atomic E-state index is 0.0916. The van der Waals surface area contributed by atoms with E-state index in [4.69, 9.17) is 10.5 Å². The Morgan fingerprint density at radius 2 is 2.22 bits per heavy atom. The Kier molecular flexibility index (Phi) is 3.38. The van der Waals surface area contributed by atoms with Gasteiger partial charge in [-0.25, -0.2) is 0 Å². The molecule has 3 N–H and O–H groups in total. The zero-order chi connectivity index (χ0) is 13.3. The number of methoxy groups -OCH3 is 1. The highest BCUT2D eigenvalue weighted by molar-refractivity contribution is 5.57. The third kappa shape index (κ3) is 2.11. The molecule has 0 amide bonds. The number of phenols is 1. The molecule has 18 heavy (non-hydrogen) atoms. The van der Waals surface area contributed by atoms with Gasteiger partial charge in [0.05, 0.1) is 12.0 Å². The summed E-state index contributed by atoms with van der Waals surface area (Å²) in [4.78, 5) is 10.2. The fraction of sp³-hybridized carbons (Fsp3) is 0.500. The molecule has 1 atom stereocenters. The summed E-state index contributed by atoms with van der Waals surface area (Å²) < 4.78 is 4.95. The van der Waals surface area contributed by atoms with Crippen molar-refractivity contribution in [2.24, 2.45) is 11.7 Å². The summed E-state index contributed by atoms with van der Waals surface area (Å²) in [7, 11) is 1.36. The molecule has 1 saturated carbocycles. The van der Waals surface area contributed by atoms with Crippen molar-refractivity contribution in [2.75, 3.05) is 7.11 Å². The van der Waals surface area contributed by atoms with Gasteiger partial charge in [-0.3, -0.25) is 10.1 Å². The summed E-state index contributed by atoms with van der Waals surface area (Å²) in [6.07, 6.45) is 3.23.